The molecule has 236 valence electrons. The van der Waals surface area contributed by atoms with Crippen LogP contribution in [0.5, 0.6) is 5.75 Å². The summed E-state index contributed by atoms with van der Waals surface area (Å²) in [5.41, 5.74) is 0.246. The van der Waals surface area contributed by atoms with Crippen molar-refractivity contribution in [3.8, 4) is 11.8 Å². The zero-order chi connectivity index (χ0) is 31.6. The molecule has 1 saturated carbocycles. The van der Waals surface area contributed by atoms with Crippen molar-refractivity contribution in [1.29, 1.82) is 5.26 Å². The number of carbonyl (C=O) groups excluding carboxylic acids is 1. The molecule has 44 heavy (non-hydrogen) atoms. The third kappa shape index (κ3) is 6.80. The second-order valence-electron chi connectivity index (χ2n) is 13.6. The number of halogens is 1. The van der Waals surface area contributed by atoms with E-state index in [4.69, 9.17) is 26.7 Å². The zero-order valence-corrected chi connectivity index (χ0v) is 26.8. The number of hydrogen-bond acceptors (Lipinski definition) is 8. The molecule has 3 aliphatic rings. The highest BCUT2D eigenvalue weighted by atomic mass is 35.5. The maximum Gasteiger partial charge on any atom is 0.317 e. The van der Waals surface area contributed by atoms with Gasteiger partial charge in [-0.05, 0) is 49.6 Å². The predicted octanol–water partition coefficient (Wildman–Crippen LogP) is 4.14. The van der Waals surface area contributed by atoms with Crippen LogP contribution < -0.4 is 15.0 Å². The van der Waals surface area contributed by atoms with Crippen LogP contribution >= 0.6 is 11.6 Å². The van der Waals surface area contributed by atoms with Crippen LogP contribution in [0.4, 0.5) is 5.82 Å². The number of aromatic nitrogens is 1. The van der Waals surface area contributed by atoms with Crippen molar-refractivity contribution in [1.82, 2.24) is 20.1 Å². The number of amides is 1. The number of carboxylic acid groups (broad SMARTS) is 1. The normalized spacial score (nSPS) is 24.7. The van der Waals surface area contributed by atoms with E-state index in [-0.39, 0.29) is 35.4 Å². The van der Waals surface area contributed by atoms with Crippen LogP contribution in [-0.2, 0) is 4.79 Å². The summed E-state index contributed by atoms with van der Waals surface area (Å²) in [6.45, 7) is 14.9. The number of piperazine rings is 1. The van der Waals surface area contributed by atoms with Gasteiger partial charge in [-0.3, -0.25) is 14.5 Å². The number of benzene rings is 1. The molecule has 0 radical (unpaired) electrons. The smallest absolute Gasteiger partial charge is 0.317 e. The lowest BCUT2D eigenvalue weighted by Gasteiger charge is -2.63. The third-order valence-electron chi connectivity index (χ3n) is 9.73. The molecule has 2 saturated heterocycles. The van der Waals surface area contributed by atoms with E-state index in [1.54, 1.807) is 24.4 Å². The molecule has 1 aliphatic carbocycles. The topological polar surface area (TPSA) is 122 Å². The minimum atomic E-state index is -0.759. The molecule has 5 rings (SSSR count). The van der Waals surface area contributed by atoms with Gasteiger partial charge in [-0.1, -0.05) is 39.3 Å². The molecule has 2 N–H and O–H groups in total. The summed E-state index contributed by atoms with van der Waals surface area (Å²) in [5, 5.41) is 21.7. The lowest BCUT2D eigenvalue weighted by molar-refractivity contribution is -0.164. The molecule has 2 aromatic rings. The Morgan fingerprint density at radius 1 is 1.09 bits per heavy atom. The maximum absolute atomic E-state index is 13.3. The number of pyridine rings is 1. The Morgan fingerprint density at radius 3 is 2.41 bits per heavy atom. The predicted molar refractivity (Wildman–Crippen MR) is 169 cm³/mol. The number of nitrogens with zero attached hydrogens (tertiary/aromatic N) is 5. The average Bonchev–Trinajstić information content (AvgIpc) is 3.47. The molecular weight excluding hydrogens is 580 g/mol. The van der Waals surface area contributed by atoms with Crippen LogP contribution in [-0.4, -0.2) is 96.3 Å². The third-order valence-corrected chi connectivity index (χ3v) is 10.0. The Kier molecular flexibility index (Phi) is 9.40. The van der Waals surface area contributed by atoms with E-state index in [9.17, 15) is 9.59 Å². The number of hydrogen-bond donors (Lipinski definition) is 2. The molecule has 1 unspecified atom stereocenters. The molecule has 1 aromatic carbocycles. The van der Waals surface area contributed by atoms with Crippen LogP contribution in [0.1, 0.15) is 56.5 Å². The van der Waals surface area contributed by atoms with Crippen LogP contribution in [0, 0.1) is 28.1 Å². The number of nitriles is 1. The van der Waals surface area contributed by atoms with Gasteiger partial charge < -0.3 is 25.0 Å². The quantitative estimate of drug-likeness (QED) is 0.403. The van der Waals surface area contributed by atoms with E-state index in [0.717, 1.165) is 64.5 Å². The molecule has 11 heteroatoms. The lowest BCUT2D eigenvalue weighted by Crippen LogP contribution is -2.74. The minimum absolute atomic E-state index is 0.125. The van der Waals surface area contributed by atoms with Crippen LogP contribution in [0.2, 0.25) is 5.02 Å². The van der Waals surface area contributed by atoms with E-state index in [1.165, 1.54) is 0 Å². The first-order valence-electron chi connectivity index (χ1n) is 15.4. The Morgan fingerprint density at radius 2 is 1.80 bits per heavy atom. The van der Waals surface area contributed by atoms with Crippen molar-refractivity contribution >= 4 is 29.3 Å². The second kappa shape index (κ2) is 12.9. The number of ether oxygens (including phenoxy) is 1. The van der Waals surface area contributed by atoms with Crippen molar-refractivity contribution in [2.45, 2.75) is 52.7 Å². The van der Waals surface area contributed by atoms with E-state index in [0.29, 0.717) is 27.8 Å². The zero-order valence-electron chi connectivity index (χ0n) is 26.1. The Hall–Kier alpha value is -3.39. The first-order chi connectivity index (χ1) is 20.9. The molecule has 0 spiro atoms. The van der Waals surface area contributed by atoms with Crippen molar-refractivity contribution in [3.05, 3.63) is 52.7 Å². The fourth-order valence-corrected chi connectivity index (χ4v) is 7.73. The number of nitrogens with one attached hydrogen (secondary N) is 1. The molecule has 10 nitrogen and oxygen atoms in total. The standard InChI is InChI=1S/C33H43ClN6O4/c1-32(2)30(33(3,4)31(32)44-25-7-5-23(18-35)26(34)17-25)37-29(43)24-6-8-27(36-19-24)40-12-10-22(20-40)9-11-38-13-15-39(16-14-38)21-28(41)42/h5-8,17,19,22,30-31H,9-16,20-21H2,1-4H3,(H,37,43)(H,41,42). The van der Waals surface area contributed by atoms with Crippen LogP contribution in [0.15, 0.2) is 36.5 Å². The van der Waals surface area contributed by atoms with Gasteiger partial charge in [0.15, 0.2) is 0 Å². The number of carbonyl (C=O) groups is 2. The summed E-state index contributed by atoms with van der Waals surface area (Å²) >= 11 is 6.21. The summed E-state index contributed by atoms with van der Waals surface area (Å²) in [4.78, 5) is 35.6. The molecule has 2 aliphatic heterocycles. The summed E-state index contributed by atoms with van der Waals surface area (Å²) in [6, 6.07) is 10.8. The highest BCUT2D eigenvalue weighted by Crippen LogP contribution is 2.55. The molecule has 3 heterocycles. The SMILES string of the molecule is CC1(C)C(NC(=O)c2ccc(N3CCC(CCN4CCN(CC(=O)O)CC4)C3)nc2)C(C)(C)C1Oc1ccc(C#N)c(Cl)c1. The number of aliphatic carboxylic acids is 1. The van der Waals surface area contributed by atoms with E-state index in [2.05, 4.69) is 53.9 Å². The first-order valence-corrected chi connectivity index (χ1v) is 15.8. The molecule has 1 amide bonds. The van der Waals surface area contributed by atoms with Gasteiger partial charge in [0.05, 0.1) is 22.7 Å². The van der Waals surface area contributed by atoms with Crippen molar-refractivity contribution in [2.75, 3.05) is 57.3 Å². The van der Waals surface area contributed by atoms with Gasteiger partial charge in [-0.2, -0.15) is 5.26 Å². The van der Waals surface area contributed by atoms with Crippen LogP contribution in [0.25, 0.3) is 0 Å². The largest absolute Gasteiger partial charge is 0.489 e. The second-order valence-corrected chi connectivity index (χ2v) is 14.0. The van der Waals surface area contributed by atoms with E-state index < -0.39 is 5.97 Å². The summed E-state index contributed by atoms with van der Waals surface area (Å²) in [5.74, 6) is 1.17. The Bertz CT molecular complexity index is 1380. The van der Waals surface area contributed by atoms with Crippen molar-refractivity contribution < 1.29 is 19.4 Å². The summed E-state index contributed by atoms with van der Waals surface area (Å²) in [6.07, 6.45) is 3.73. The van der Waals surface area contributed by atoms with Gasteiger partial charge in [-0.25, -0.2) is 4.98 Å². The van der Waals surface area contributed by atoms with E-state index >= 15 is 0 Å². The average molecular weight is 623 g/mol. The van der Waals surface area contributed by atoms with Crippen molar-refractivity contribution in [3.63, 3.8) is 0 Å². The minimum Gasteiger partial charge on any atom is -0.489 e. The molecule has 1 aromatic heterocycles. The summed E-state index contributed by atoms with van der Waals surface area (Å²) in [7, 11) is 0. The van der Waals surface area contributed by atoms with Gasteiger partial charge in [0.2, 0.25) is 0 Å². The first kappa shape index (κ1) is 32.0. The number of anilines is 1. The van der Waals surface area contributed by atoms with Gasteiger partial charge in [0.1, 0.15) is 23.7 Å². The van der Waals surface area contributed by atoms with Gasteiger partial charge in [0.25, 0.3) is 5.91 Å². The van der Waals surface area contributed by atoms with Crippen LogP contribution in [0.3, 0.4) is 0 Å². The molecule has 0 bridgehead atoms. The van der Waals surface area contributed by atoms with Gasteiger partial charge in [-0.15, -0.1) is 0 Å². The van der Waals surface area contributed by atoms with Gasteiger partial charge in [0, 0.05) is 68.4 Å². The molecular formula is C33H43ClN6O4. The fraction of sp³-hybridized carbons (Fsp3) is 0.576. The fourth-order valence-electron chi connectivity index (χ4n) is 7.52. The Balaban J connectivity index is 1.10. The number of rotatable bonds is 10. The highest BCUT2D eigenvalue weighted by Gasteiger charge is 2.64. The monoisotopic (exact) mass is 622 g/mol. The molecule has 3 fully saturated rings. The highest BCUT2D eigenvalue weighted by molar-refractivity contribution is 6.31. The van der Waals surface area contributed by atoms with Crippen molar-refractivity contribution in [2.24, 2.45) is 16.7 Å². The van der Waals surface area contributed by atoms with E-state index in [1.807, 2.05) is 17.0 Å². The maximum atomic E-state index is 13.3. The van der Waals surface area contributed by atoms with Gasteiger partial charge >= 0.3 is 5.97 Å². The summed E-state index contributed by atoms with van der Waals surface area (Å²) < 4.78 is 6.34. The molecule has 1 atom stereocenters. The number of carboxylic acids is 1. The lowest BCUT2D eigenvalue weighted by atomic mass is 9.49. The Labute approximate surface area is 264 Å².